The first kappa shape index (κ1) is 13.1. The minimum Gasteiger partial charge on any atom is -0.496 e. The zero-order valence-electron chi connectivity index (χ0n) is 10.4. The Hall–Kier alpha value is -1.33. The largest absolute Gasteiger partial charge is 0.496 e. The monoisotopic (exact) mass is 310 g/mol. The average molecular weight is 311 g/mol. The highest BCUT2D eigenvalue weighted by Crippen LogP contribution is 2.22. The van der Waals surface area contributed by atoms with Crippen molar-refractivity contribution in [2.45, 2.75) is 20.0 Å². The fraction of sp³-hybridized carbons (Fsp3) is 0.308. The van der Waals surface area contributed by atoms with Crippen molar-refractivity contribution < 1.29 is 9.26 Å². The maximum atomic E-state index is 5.31. The Morgan fingerprint density at radius 1 is 1.33 bits per heavy atom. The lowest BCUT2D eigenvalue weighted by molar-refractivity contribution is 0.368. The third-order valence-corrected chi connectivity index (χ3v) is 3.03. The molecular weight excluding hydrogens is 296 g/mol. The van der Waals surface area contributed by atoms with Crippen LogP contribution < -0.4 is 10.1 Å². The molecule has 2 rings (SSSR count). The number of rotatable bonds is 5. The van der Waals surface area contributed by atoms with Crippen LogP contribution in [0.1, 0.15) is 17.0 Å². The molecule has 0 unspecified atom stereocenters. The molecular formula is C13H15BrN2O2. The van der Waals surface area contributed by atoms with E-state index in [0.29, 0.717) is 13.1 Å². The van der Waals surface area contributed by atoms with E-state index in [1.807, 2.05) is 31.2 Å². The molecule has 18 heavy (non-hydrogen) atoms. The maximum Gasteiger partial charge on any atom is 0.150 e. The van der Waals surface area contributed by atoms with Crippen LogP contribution in [0, 0.1) is 6.92 Å². The Kier molecular flexibility index (Phi) is 4.38. The van der Waals surface area contributed by atoms with Gasteiger partial charge in [0.05, 0.1) is 19.3 Å². The number of hydrogen-bond acceptors (Lipinski definition) is 4. The quantitative estimate of drug-likeness (QED) is 0.922. The van der Waals surface area contributed by atoms with E-state index in [0.717, 1.165) is 27.2 Å². The average Bonchev–Trinajstić information content (AvgIpc) is 2.75. The molecule has 0 fully saturated rings. The van der Waals surface area contributed by atoms with Crippen molar-refractivity contribution in [3.8, 4) is 5.75 Å². The number of nitrogens with zero attached hydrogens (tertiary/aromatic N) is 1. The van der Waals surface area contributed by atoms with Gasteiger partial charge in [-0.1, -0.05) is 21.1 Å². The number of nitrogens with one attached hydrogen (secondary N) is 1. The van der Waals surface area contributed by atoms with Crippen LogP contribution in [0.4, 0.5) is 0 Å². The van der Waals surface area contributed by atoms with E-state index in [1.54, 1.807) is 7.11 Å². The van der Waals surface area contributed by atoms with Crippen molar-refractivity contribution in [2.24, 2.45) is 0 Å². The van der Waals surface area contributed by atoms with Gasteiger partial charge in [-0.15, -0.1) is 0 Å². The lowest BCUT2D eigenvalue weighted by Gasteiger charge is -2.09. The third-order valence-electron chi connectivity index (χ3n) is 2.53. The molecule has 0 radical (unpaired) electrons. The minimum absolute atomic E-state index is 0.649. The smallest absolute Gasteiger partial charge is 0.150 e. The Morgan fingerprint density at radius 3 is 2.83 bits per heavy atom. The normalized spacial score (nSPS) is 10.6. The van der Waals surface area contributed by atoms with Gasteiger partial charge in [-0.25, -0.2) is 0 Å². The van der Waals surface area contributed by atoms with E-state index in [9.17, 15) is 0 Å². The van der Waals surface area contributed by atoms with E-state index in [-0.39, 0.29) is 0 Å². The second-order valence-electron chi connectivity index (χ2n) is 3.99. The summed E-state index contributed by atoms with van der Waals surface area (Å²) < 4.78 is 11.5. The van der Waals surface area contributed by atoms with Gasteiger partial charge in [0.2, 0.25) is 0 Å². The summed E-state index contributed by atoms with van der Waals surface area (Å²) in [6, 6.07) is 7.87. The highest BCUT2D eigenvalue weighted by Gasteiger charge is 2.05. The number of hydrogen-bond donors (Lipinski definition) is 1. The van der Waals surface area contributed by atoms with Crippen molar-refractivity contribution in [3.63, 3.8) is 0 Å². The fourth-order valence-corrected chi connectivity index (χ4v) is 2.11. The molecule has 96 valence electrons. The zero-order valence-corrected chi connectivity index (χ0v) is 12.0. The molecule has 1 N–H and O–H groups in total. The summed E-state index contributed by atoms with van der Waals surface area (Å²) in [7, 11) is 1.67. The van der Waals surface area contributed by atoms with Gasteiger partial charge in [-0.05, 0) is 25.1 Å². The molecule has 2 aromatic rings. The predicted octanol–water partition coefficient (Wildman–Crippen LogP) is 3.04. The molecule has 0 saturated heterocycles. The molecule has 1 heterocycles. The van der Waals surface area contributed by atoms with Gasteiger partial charge < -0.3 is 14.6 Å². The van der Waals surface area contributed by atoms with E-state index in [4.69, 9.17) is 9.26 Å². The molecule has 4 nitrogen and oxygen atoms in total. The summed E-state index contributed by atoms with van der Waals surface area (Å²) in [5, 5.41) is 7.14. The Labute approximate surface area is 114 Å². The van der Waals surface area contributed by atoms with Crippen LogP contribution in [-0.2, 0) is 13.1 Å². The van der Waals surface area contributed by atoms with Crippen LogP contribution in [-0.4, -0.2) is 12.3 Å². The second-order valence-corrected chi connectivity index (χ2v) is 4.91. The van der Waals surface area contributed by atoms with Gasteiger partial charge in [0.25, 0.3) is 0 Å². The lowest BCUT2D eigenvalue weighted by Crippen LogP contribution is -2.13. The first-order valence-corrected chi connectivity index (χ1v) is 6.43. The number of halogens is 1. The first-order valence-electron chi connectivity index (χ1n) is 5.64. The minimum atomic E-state index is 0.649. The Morgan fingerprint density at radius 2 is 2.17 bits per heavy atom. The lowest BCUT2D eigenvalue weighted by atomic mass is 10.2. The topological polar surface area (TPSA) is 47.3 Å². The van der Waals surface area contributed by atoms with Gasteiger partial charge in [-0.2, -0.15) is 0 Å². The van der Waals surface area contributed by atoms with Crippen molar-refractivity contribution in [1.82, 2.24) is 10.5 Å². The number of benzene rings is 1. The molecule has 1 aromatic carbocycles. The van der Waals surface area contributed by atoms with Crippen LogP contribution in [0.25, 0.3) is 0 Å². The summed E-state index contributed by atoms with van der Waals surface area (Å²) >= 11 is 3.45. The molecule has 0 aliphatic carbocycles. The summed E-state index contributed by atoms with van der Waals surface area (Å²) in [6.45, 7) is 3.27. The SMILES string of the molecule is COc1ccc(Br)cc1CNCc1cc(C)no1. The number of ether oxygens (including phenoxy) is 1. The second kappa shape index (κ2) is 6.02. The number of aromatic nitrogens is 1. The number of methoxy groups -OCH3 is 1. The maximum absolute atomic E-state index is 5.31. The molecule has 0 aliphatic rings. The highest BCUT2D eigenvalue weighted by molar-refractivity contribution is 9.10. The summed E-state index contributed by atoms with van der Waals surface area (Å²) in [6.07, 6.45) is 0. The summed E-state index contributed by atoms with van der Waals surface area (Å²) in [4.78, 5) is 0. The van der Waals surface area contributed by atoms with E-state index in [2.05, 4.69) is 26.4 Å². The van der Waals surface area contributed by atoms with Crippen LogP contribution in [0.15, 0.2) is 33.3 Å². The van der Waals surface area contributed by atoms with Gasteiger partial charge in [0.15, 0.2) is 5.76 Å². The van der Waals surface area contributed by atoms with E-state index < -0.39 is 0 Å². The van der Waals surface area contributed by atoms with E-state index >= 15 is 0 Å². The van der Waals surface area contributed by atoms with Crippen molar-refractivity contribution >= 4 is 15.9 Å². The zero-order chi connectivity index (χ0) is 13.0. The van der Waals surface area contributed by atoms with Crippen molar-refractivity contribution in [2.75, 3.05) is 7.11 Å². The van der Waals surface area contributed by atoms with E-state index in [1.165, 1.54) is 0 Å². The summed E-state index contributed by atoms with van der Waals surface area (Å²) in [5.41, 5.74) is 2.00. The van der Waals surface area contributed by atoms with Crippen LogP contribution in [0.5, 0.6) is 5.75 Å². The van der Waals surface area contributed by atoms with Gasteiger partial charge in [-0.3, -0.25) is 0 Å². The van der Waals surface area contributed by atoms with Crippen LogP contribution >= 0.6 is 15.9 Å². The molecule has 0 spiro atoms. The fourth-order valence-electron chi connectivity index (χ4n) is 1.71. The van der Waals surface area contributed by atoms with Gasteiger partial charge in [0, 0.05) is 22.6 Å². The third kappa shape index (κ3) is 3.34. The van der Waals surface area contributed by atoms with Crippen LogP contribution in [0.3, 0.4) is 0 Å². The molecule has 0 bridgehead atoms. The van der Waals surface area contributed by atoms with Gasteiger partial charge in [0.1, 0.15) is 5.75 Å². The highest BCUT2D eigenvalue weighted by atomic mass is 79.9. The molecule has 0 saturated carbocycles. The Bertz CT molecular complexity index is 525. The molecule has 0 aliphatic heterocycles. The predicted molar refractivity (Wildman–Crippen MR) is 72.5 cm³/mol. The van der Waals surface area contributed by atoms with Crippen molar-refractivity contribution in [3.05, 3.63) is 45.8 Å². The van der Waals surface area contributed by atoms with Gasteiger partial charge >= 0.3 is 0 Å². The molecule has 0 amide bonds. The molecule has 0 atom stereocenters. The number of aryl methyl sites for hydroxylation is 1. The van der Waals surface area contributed by atoms with Crippen molar-refractivity contribution in [1.29, 1.82) is 0 Å². The Balaban J connectivity index is 1.95. The molecule has 5 heteroatoms. The first-order chi connectivity index (χ1) is 8.69. The van der Waals surface area contributed by atoms with Crippen LogP contribution in [0.2, 0.25) is 0 Å². The molecule has 1 aromatic heterocycles. The standard InChI is InChI=1S/C13H15BrN2O2/c1-9-5-12(18-16-9)8-15-7-10-6-11(14)3-4-13(10)17-2/h3-6,15H,7-8H2,1-2H3. The summed E-state index contributed by atoms with van der Waals surface area (Å²) in [5.74, 6) is 1.71.